The van der Waals surface area contributed by atoms with Gasteiger partial charge >= 0.3 is 0 Å². The van der Waals surface area contributed by atoms with Gasteiger partial charge in [0.05, 0.1) is 5.75 Å². The first-order valence-electron chi connectivity index (χ1n) is 5.15. The molecular weight excluding hydrogens is 200 g/mol. The van der Waals surface area contributed by atoms with Crippen LogP contribution in [0.2, 0.25) is 0 Å². The third-order valence-corrected chi connectivity index (χ3v) is 4.69. The van der Waals surface area contributed by atoms with Gasteiger partial charge in [0.15, 0.2) is 0 Å². The zero-order valence-electron chi connectivity index (χ0n) is 8.78. The highest BCUT2D eigenvalue weighted by atomic mass is 32.2. The first kappa shape index (κ1) is 10.4. The number of hydrogen-bond acceptors (Lipinski definition) is 3. The highest BCUT2D eigenvalue weighted by Gasteiger charge is 2.41. The van der Waals surface area contributed by atoms with Gasteiger partial charge in [-0.3, -0.25) is 0 Å². The van der Waals surface area contributed by atoms with E-state index in [1.165, 1.54) is 0 Å². The average Bonchev–Trinajstić information content (AvgIpc) is 2.79. The fourth-order valence-corrected chi connectivity index (χ4v) is 3.68. The second-order valence-corrected chi connectivity index (χ2v) is 6.94. The summed E-state index contributed by atoms with van der Waals surface area (Å²) >= 11 is 0. The normalized spacial score (nSPS) is 32.4. The predicted molar refractivity (Wildman–Crippen MR) is 55.6 cm³/mol. The molecule has 0 atom stereocenters. The van der Waals surface area contributed by atoms with E-state index in [1.54, 1.807) is 4.31 Å². The average molecular weight is 218 g/mol. The molecule has 4 nitrogen and oxygen atoms in total. The molecule has 1 aliphatic carbocycles. The number of rotatable bonds is 1. The molecule has 0 radical (unpaired) electrons. The third-order valence-electron chi connectivity index (χ3n) is 2.83. The zero-order valence-corrected chi connectivity index (χ0v) is 9.60. The molecular formula is C9H18N2O2S. The summed E-state index contributed by atoms with van der Waals surface area (Å²) in [4.78, 5) is 0. The van der Waals surface area contributed by atoms with Crippen molar-refractivity contribution in [1.82, 2.24) is 9.62 Å². The fourth-order valence-electron chi connectivity index (χ4n) is 1.90. The molecule has 1 N–H and O–H groups in total. The maximum atomic E-state index is 11.9. The molecule has 0 spiro atoms. The number of hydrogen-bond donors (Lipinski definition) is 1. The topological polar surface area (TPSA) is 49.4 Å². The van der Waals surface area contributed by atoms with Crippen molar-refractivity contribution in [2.24, 2.45) is 0 Å². The quantitative estimate of drug-likeness (QED) is 0.682. The van der Waals surface area contributed by atoms with Crippen LogP contribution in [-0.2, 0) is 10.0 Å². The zero-order chi connectivity index (χ0) is 10.4. The Morgan fingerprint density at radius 1 is 1.36 bits per heavy atom. The summed E-state index contributed by atoms with van der Waals surface area (Å²) in [6.45, 7) is 5.30. The lowest BCUT2D eigenvalue weighted by molar-refractivity contribution is 0.299. The van der Waals surface area contributed by atoms with Crippen molar-refractivity contribution in [2.75, 3.05) is 18.8 Å². The Kier molecular flexibility index (Phi) is 2.36. The second kappa shape index (κ2) is 3.18. The molecule has 0 aromatic carbocycles. The Morgan fingerprint density at radius 2 is 2.00 bits per heavy atom. The smallest absolute Gasteiger partial charge is 0.215 e. The van der Waals surface area contributed by atoms with E-state index in [1.807, 2.05) is 0 Å². The van der Waals surface area contributed by atoms with Gasteiger partial charge in [-0.15, -0.1) is 0 Å². The molecule has 0 aromatic rings. The summed E-state index contributed by atoms with van der Waals surface area (Å²) in [5.41, 5.74) is -0.0911. The third kappa shape index (κ3) is 2.10. The molecule has 2 aliphatic rings. The molecule has 82 valence electrons. The molecule has 0 amide bonds. The summed E-state index contributed by atoms with van der Waals surface area (Å²) in [7, 11) is -3.00. The van der Waals surface area contributed by atoms with Crippen LogP contribution in [0.1, 0.15) is 26.7 Å². The summed E-state index contributed by atoms with van der Waals surface area (Å²) < 4.78 is 25.4. The first-order chi connectivity index (χ1) is 6.41. The van der Waals surface area contributed by atoms with Crippen molar-refractivity contribution >= 4 is 10.0 Å². The highest BCUT2D eigenvalue weighted by Crippen LogP contribution is 2.31. The van der Waals surface area contributed by atoms with Gasteiger partial charge in [-0.25, -0.2) is 8.42 Å². The minimum absolute atomic E-state index is 0.0911. The lowest BCUT2D eigenvalue weighted by atomic mass is 10.1. The molecule has 2 rings (SSSR count). The molecule has 0 bridgehead atoms. The lowest BCUT2D eigenvalue weighted by Crippen LogP contribution is -2.47. The summed E-state index contributed by atoms with van der Waals surface area (Å²) in [5, 5.41) is 3.27. The molecule has 1 aliphatic heterocycles. The second-order valence-electron chi connectivity index (χ2n) is 4.90. The minimum Gasteiger partial charge on any atom is -0.309 e. The van der Waals surface area contributed by atoms with Crippen molar-refractivity contribution < 1.29 is 8.42 Å². The highest BCUT2D eigenvalue weighted by molar-refractivity contribution is 7.89. The van der Waals surface area contributed by atoms with Crippen LogP contribution >= 0.6 is 0 Å². The Labute approximate surface area is 85.7 Å². The van der Waals surface area contributed by atoms with Crippen molar-refractivity contribution in [2.45, 2.75) is 38.3 Å². The molecule has 5 heteroatoms. The number of nitrogens with zero attached hydrogens (tertiary/aromatic N) is 1. The number of nitrogens with one attached hydrogen (secondary N) is 1. The van der Waals surface area contributed by atoms with E-state index in [2.05, 4.69) is 19.2 Å². The van der Waals surface area contributed by atoms with Crippen LogP contribution in [0.25, 0.3) is 0 Å². The van der Waals surface area contributed by atoms with Crippen molar-refractivity contribution in [3.05, 3.63) is 0 Å². The van der Waals surface area contributed by atoms with Crippen LogP contribution in [-0.4, -0.2) is 43.1 Å². The lowest BCUT2D eigenvalue weighted by Gasteiger charge is -2.28. The van der Waals surface area contributed by atoms with Gasteiger partial charge in [0.2, 0.25) is 10.0 Å². The van der Waals surface area contributed by atoms with Crippen LogP contribution in [0.15, 0.2) is 0 Å². The van der Waals surface area contributed by atoms with Crippen molar-refractivity contribution in [3.8, 4) is 0 Å². The Bertz CT molecular complexity index is 320. The van der Waals surface area contributed by atoms with Gasteiger partial charge in [-0.1, -0.05) is 0 Å². The van der Waals surface area contributed by atoms with Crippen LogP contribution in [0.5, 0.6) is 0 Å². The molecule has 1 saturated heterocycles. The first-order valence-corrected chi connectivity index (χ1v) is 6.76. The maximum absolute atomic E-state index is 11.9. The van der Waals surface area contributed by atoms with Crippen molar-refractivity contribution in [3.63, 3.8) is 0 Å². The van der Waals surface area contributed by atoms with E-state index in [4.69, 9.17) is 0 Å². The predicted octanol–water partition coefficient (Wildman–Crippen LogP) is 0.162. The Balaban J connectivity index is 2.22. The van der Waals surface area contributed by atoms with E-state index in [-0.39, 0.29) is 11.3 Å². The molecule has 1 saturated carbocycles. The maximum Gasteiger partial charge on any atom is 0.215 e. The van der Waals surface area contributed by atoms with Gasteiger partial charge in [0.1, 0.15) is 0 Å². The van der Waals surface area contributed by atoms with Crippen LogP contribution in [0.4, 0.5) is 0 Å². The summed E-state index contributed by atoms with van der Waals surface area (Å²) in [6.07, 6.45) is 2.07. The largest absolute Gasteiger partial charge is 0.309 e. The van der Waals surface area contributed by atoms with E-state index < -0.39 is 10.0 Å². The van der Waals surface area contributed by atoms with E-state index >= 15 is 0 Å². The molecule has 0 unspecified atom stereocenters. The summed E-state index contributed by atoms with van der Waals surface area (Å²) in [6, 6.07) is 0.291. The molecule has 0 aromatic heterocycles. The molecule has 1 heterocycles. The summed E-state index contributed by atoms with van der Waals surface area (Å²) in [5.74, 6) is 0.243. The Morgan fingerprint density at radius 3 is 2.57 bits per heavy atom. The van der Waals surface area contributed by atoms with E-state index in [0.717, 1.165) is 12.8 Å². The SMILES string of the molecule is CC1(C)CN(C2CC2)S(=O)(=O)CCN1. The standard InChI is InChI=1S/C9H18N2O2S/c1-9(2)7-11(8-3-4-8)14(12,13)6-5-10-9/h8,10H,3-7H2,1-2H3. The van der Waals surface area contributed by atoms with Crippen LogP contribution in [0, 0.1) is 0 Å². The molecule has 2 fully saturated rings. The minimum atomic E-state index is -3.00. The Hall–Kier alpha value is -0.130. The van der Waals surface area contributed by atoms with Gasteiger partial charge in [0, 0.05) is 24.7 Å². The van der Waals surface area contributed by atoms with Gasteiger partial charge in [-0.2, -0.15) is 4.31 Å². The number of sulfonamides is 1. The van der Waals surface area contributed by atoms with E-state index in [9.17, 15) is 8.42 Å². The van der Waals surface area contributed by atoms with E-state index in [0.29, 0.717) is 19.1 Å². The monoisotopic (exact) mass is 218 g/mol. The van der Waals surface area contributed by atoms with Gasteiger partial charge in [-0.05, 0) is 26.7 Å². The fraction of sp³-hybridized carbons (Fsp3) is 1.00. The molecule has 14 heavy (non-hydrogen) atoms. The van der Waals surface area contributed by atoms with Gasteiger partial charge in [0.25, 0.3) is 0 Å². The van der Waals surface area contributed by atoms with Gasteiger partial charge < -0.3 is 5.32 Å². The van der Waals surface area contributed by atoms with Crippen LogP contribution in [0.3, 0.4) is 0 Å². The van der Waals surface area contributed by atoms with Crippen LogP contribution < -0.4 is 5.32 Å². The van der Waals surface area contributed by atoms with Crippen molar-refractivity contribution in [1.29, 1.82) is 0 Å².